The van der Waals surface area contributed by atoms with E-state index in [9.17, 15) is 19.6 Å². The van der Waals surface area contributed by atoms with Gasteiger partial charge in [-0.15, -0.1) is 0 Å². The molecule has 0 aliphatic carbocycles. The Kier molecular flexibility index (Phi) is 6.11. The summed E-state index contributed by atoms with van der Waals surface area (Å²) in [4.78, 5) is 40.2. The van der Waals surface area contributed by atoms with Gasteiger partial charge in [0.15, 0.2) is 0 Å². The number of amides is 1. The van der Waals surface area contributed by atoms with E-state index in [4.69, 9.17) is 9.47 Å². The predicted octanol–water partition coefficient (Wildman–Crippen LogP) is -0.0276. The molecular weight excluding hydrogens is 306 g/mol. The van der Waals surface area contributed by atoms with Crippen molar-refractivity contribution < 1.29 is 29.1 Å². The van der Waals surface area contributed by atoms with Gasteiger partial charge in [0.1, 0.15) is 5.82 Å². The summed E-state index contributed by atoms with van der Waals surface area (Å²) in [5.74, 6) is -2.28. The third-order valence-electron chi connectivity index (χ3n) is 3.06. The molecule has 0 aromatic carbocycles. The molecule has 0 atom stereocenters. The van der Waals surface area contributed by atoms with Crippen LogP contribution in [0.2, 0.25) is 0 Å². The van der Waals surface area contributed by atoms with Crippen LogP contribution in [0.4, 0.5) is 0 Å². The SMILES string of the molecule is CCOC(=O)C(Cc1cnc(C)n1O)(NC(C)=O)C(=O)OCC. The van der Waals surface area contributed by atoms with Gasteiger partial charge in [0.2, 0.25) is 11.4 Å². The van der Waals surface area contributed by atoms with Gasteiger partial charge in [0.25, 0.3) is 0 Å². The van der Waals surface area contributed by atoms with Crippen LogP contribution in [0.15, 0.2) is 6.20 Å². The van der Waals surface area contributed by atoms with E-state index in [2.05, 4.69) is 10.3 Å². The second-order valence-corrected chi connectivity index (χ2v) is 4.81. The van der Waals surface area contributed by atoms with E-state index in [-0.39, 0.29) is 31.2 Å². The number of esters is 2. The summed E-state index contributed by atoms with van der Waals surface area (Å²) in [6, 6.07) is 0. The zero-order valence-corrected chi connectivity index (χ0v) is 13.6. The van der Waals surface area contributed by atoms with Crippen LogP contribution in [-0.2, 0) is 30.3 Å². The second-order valence-electron chi connectivity index (χ2n) is 4.81. The molecule has 0 fully saturated rings. The molecule has 128 valence electrons. The molecule has 0 spiro atoms. The minimum absolute atomic E-state index is 0.0109. The van der Waals surface area contributed by atoms with E-state index in [1.165, 1.54) is 13.1 Å². The minimum Gasteiger partial charge on any atom is -0.464 e. The Morgan fingerprint density at radius 2 is 1.78 bits per heavy atom. The first-order valence-electron chi connectivity index (χ1n) is 7.14. The molecule has 23 heavy (non-hydrogen) atoms. The lowest BCUT2D eigenvalue weighted by Gasteiger charge is -2.29. The summed E-state index contributed by atoms with van der Waals surface area (Å²) in [6.45, 7) is 5.87. The molecule has 1 heterocycles. The zero-order valence-electron chi connectivity index (χ0n) is 13.6. The Morgan fingerprint density at radius 1 is 1.26 bits per heavy atom. The van der Waals surface area contributed by atoms with E-state index in [0.29, 0.717) is 0 Å². The Bertz CT molecular complexity index is 577. The highest BCUT2D eigenvalue weighted by molar-refractivity contribution is 6.08. The summed E-state index contributed by atoms with van der Waals surface area (Å²) in [6.07, 6.45) is 0.936. The lowest BCUT2D eigenvalue weighted by molar-refractivity contribution is -0.168. The van der Waals surface area contributed by atoms with Crippen molar-refractivity contribution >= 4 is 17.8 Å². The monoisotopic (exact) mass is 327 g/mol. The normalized spacial score (nSPS) is 11.0. The number of aryl methyl sites for hydroxylation is 1. The van der Waals surface area contributed by atoms with Gasteiger partial charge in [-0.2, -0.15) is 4.73 Å². The third-order valence-corrected chi connectivity index (χ3v) is 3.06. The third kappa shape index (κ3) is 3.99. The number of nitrogens with zero attached hydrogens (tertiary/aromatic N) is 2. The maximum atomic E-state index is 12.4. The fourth-order valence-electron chi connectivity index (χ4n) is 2.06. The number of hydrogen-bond donors (Lipinski definition) is 2. The number of aromatic nitrogens is 2. The maximum Gasteiger partial charge on any atom is 0.344 e. The number of carbonyl (C=O) groups excluding carboxylic acids is 3. The average Bonchev–Trinajstić information content (AvgIpc) is 2.78. The summed E-state index contributed by atoms with van der Waals surface area (Å²) < 4.78 is 10.6. The molecule has 9 nitrogen and oxygen atoms in total. The fraction of sp³-hybridized carbons (Fsp3) is 0.571. The molecule has 2 N–H and O–H groups in total. The van der Waals surface area contributed by atoms with E-state index in [0.717, 1.165) is 11.7 Å². The molecule has 9 heteroatoms. The molecule has 1 aromatic heterocycles. The predicted molar refractivity (Wildman–Crippen MR) is 77.7 cm³/mol. The number of carbonyl (C=O) groups is 3. The van der Waals surface area contributed by atoms with Gasteiger partial charge < -0.3 is 20.0 Å². The summed E-state index contributed by atoms with van der Waals surface area (Å²) in [5, 5.41) is 12.2. The van der Waals surface area contributed by atoms with Crippen LogP contribution in [-0.4, -0.2) is 51.5 Å². The lowest BCUT2D eigenvalue weighted by atomic mass is 9.93. The number of hydrogen-bond acceptors (Lipinski definition) is 7. The van der Waals surface area contributed by atoms with Crippen molar-refractivity contribution in [2.45, 2.75) is 39.7 Å². The van der Waals surface area contributed by atoms with Crippen molar-refractivity contribution in [1.82, 2.24) is 15.0 Å². The van der Waals surface area contributed by atoms with Gasteiger partial charge in [0.05, 0.1) is 25.1 Å². The quantitative estimate of drug-likeness (QED) is 0.410. The molecule has 0 aliphatic heterocycles. The van der Waals surface area contributed by atoms with Gasteiger partial charge in [0, 0.05) is 13.3 Å². The molecule has 0 unspecified atom stereocenters. The van der Waals surface area contributed by atoms with Gasteiger partial charge in [-0.25, -0.2) is 14.6 Å². The highest BCUT2D eigenvalue weighted by atomic mass is 16.6. The molecule has 0 radical (unpaired) electrons. The van der Waals surface area contributed by atoms with Gasteiger partial charge in [-0.1, -0.05) is 0 Å². The molecule has 1 amide bonds. The summed E-state index contributed by atoms with van der Waals surface area (Å²) in [7, 11) is 0. The van der Waals surface area contributed by atoms with Crippen LogP contribution in [0.1, 0.15) is 32.3 Å². The smallest absolute Gasteiger partial charge is 0.344 e. The van der Waals surface area contributed by atoms with Crippen LogP contribution in [0.25, 0.3) is 0 Å². The molecular formula is C14H21N3O6. The lowest BCUT2D eigenvalue weighted by Crippen LogP contribution is -2.62. The fourth-order valence-corrected chi connectivity index (χ4v) is 2.06. The molecule has 0 aliphatic rings. The van der Waals surface area contributed by atoms with E-state index >= 15 is 0 Å². The number of imidazole rings is 1. The van der Waals surface area contributed by atoms with Crippen LogP contribution in [0, 0.1) is 6.92 Å². The summed E-state index contributed by atoms with van der Waals surface area (Å²) in [5.41, 5.74) is -1.94. The Labute approximate surface area is 133 Å². The Balaban J connectivity index is 3.34. The van der Waals surface area contributed by atoms with Gasteiger partial charge in [-0.05, 0) is 20.8 Å². The highest BCUT2D eigenvalue weighted by Crippen LogP contribution is 2.19. The number of nitrogens with one attached hydrogen (secondary N) is 1. The molecule has 1 rings (SSSR count). The topological polar surface area (TPSA) is 120 Å². The first-order chi connectivity index (χ1) is 10.8. The van der Waals surface area contributed by atoms with Crippen molar-refractivity contribution in [3.63, 3.8) is 0 Å². The van der Waals surface area contributed by atoms with Crippen molar-refractivity contribution in [3.05, 3.63) is 17.7 Å². The molecule has 0 saturated heterocycles. The van der Waals surface area contributed by atoms with Gasteiger partial charge in [-0.3, -0.25) is 4.79 Å². The second kappa shape index (κ2) is 7.61. The maximum absolute atomic E-state index is 12.4. The van der Waals surface area contributed by atoms with E-state index in [1.807, 2.05) is 0 Å². The van der Waals surface area contributed by atoms with Crippen LogP contribution in [0.5, 0.6) is 0 Å². The standard InChI is InChI=1S/C14H21N3O6/c1-5-22-12(19)14(16-10(4)18,13(20)23-6-2)7-11-8-15-9(3)17(11)21/h8,21H,5-7H2,1-4H3,(H,16,18). The first kappa shape index (κ1) is 18.5. The van der Waals surface area contributed by atoms with Crippen molar-refractivity contribution in [2.75, 3.05) is 13.2 Å². The zero-order chi connectivity index (χ0) is 17.6. The Morgan fingerprint density at radius 3 is 2.13 bits per heavy atom. The first-order valence-corrected chi connectivity index (χ1v) is 7.14. The van der Waals surface area contributed by atoms with Crippen LogP contribution in [0.3, 0.4) is 0 Å². The van der Waals surface area contributed by atoms with Crippen LogP contribution < -0.4 is 5.32 Å². The van der Waals surface area contributed by atoms with Gasteiger partial charge >= 0.3 is 11.9 Å². The average molecular weight is 327 g/mol. The molecule has 0 bridgehead atoms. The number of ether oxygens (including phenoxy) is 2. The molecule has 1 aromatic rings. The number of rotatable bonds is 7. The van der Waals surface area contributed by atoms with Crippen LogP contribution >= 0.6 is 0 Å². The highest BCUT2D eigenvalue weighted by Gasteiger charge is 2.51. The Hall–Kier alpha value is -2.58. The largest absolute Gasteiger partial charge is 0.464 e. The van der Waals surface area contributed by atoms with E-state index in [1.54, 1.807) is 13.8 Å². The minimum atomic E-state index is -2.09. The summed E-state index contributed by atoms with van der Waals surface area (Å²) >= 11 is 0. The van der Waals surface area contributed by atoms with Crippen molar-refractivity contribution in [2.24, 2.45) is 0 Å². The van der Waals surface area contributed by atoms with Crippen molar-refractivity contribution in [1.29, 1.82) is 0 Å². The van der Waals surface area contributed by atoms with E-state index < -0.39 is 23.4 Å². The van der Waals surface area contributed by atoms with Crippen molar-refractivity contribution in [3.8, 4) is 0 Å². The molecule has 0 saturated carbocycles.